The Morgan fingerprint density at radius 3 is 2.83 bits per heavy atom. The second kappa shape index (κ2) is 6.73. The summed E-state index contributed by atoms with van der Waals surface area (Å²) in [5.41, 5.74) is 2.50. The van der Waals surface area contributed by atoms with Crippen LogP contribution >= 0.6 is 0 Å². The zero-order valence-electron chi connectivity index (χ0n) is 11.3. The van der Waals surface area contributed by atoms with Gasteiger partial charge in [-0.15, -0.1) is 0 Å². The quantitative estimate of drug-likeness (QED) is 0.815. The van der Waals surface area contributed by atoms with Crippen molar-refractivity contribution in [1.29, 1.82) is 0 Å². The maximum atomic E-state index is 5.38. The predicted octanol–water partition coefficient (Wildman–Crippen LogP) is 0.956. The first-order chi connectivity index (χ1) is 8.79. The van der Waals surface area contributed by atoms with E-state index in [0.29, 0.717) is 0 Å². The Bertz CT molecular complexity index is 375. The largest absolute Gasteiger partial charge is 0.496 e. The fraction of sp³-hybridized carbons (Fsp3) is 0.571. The van der Waals surface area contributed by atoms with Crippen molar-refractivity contribution in [1.82, 2.24) is 15.5 Å². The lowest BCUT2D eigenvalue weighted by Crippen LogP contribution is -2.46. The molecule has 0 spiro atoms. The minimum absolute atomic E-state index is 0.856. The maximum absolute atomic E-state index is 5.38. The van der Waals surface area contributed by atoms with Gasteiger partial charge in [0.15, 0.2) is 0 Å². The molecule has 2 N–H and O–H groups in total. The van der Waals surface area contributed by atoms with Gasteiger partial charge in [-0.25, -0.2) is 0 Å². The Labute approximate surface area is 109 Å². The van der Waals surface area contributed by atoms with Crippen LogP contribution in [0.25, 0.3) is 0 Å². The number of rotatable bonds is 5. The summed E-state index contributed by atoms with van der Waals surface area (Å²) >= 11 is 0. The molecule has 0 saturated carbocycles. The van der Waals surface area contributed by atoms with E-state index in [1.54, 1.807) is 7.11 Å². The lowest BCUT2D eigenvalue weighted by atomic mass is 10.1. The fourth-order valence-corrected chi connectivity index (χ4v) is 2.26. The van der Waals surface area contributed by atoms with E-state index in [0.717, 1.165) is 45.1 Å². The van der Waals surface area contributed by atoms with E-state index in [4.69, 9.17) is 4.74 Å². The molecule has 0 aromatic heterocycles. The van der Waals surface area contributed by atoms with Crippen molar-refractivity contribution in [3.8, 4) is 5.75 Å². The van der Waals surface area contributed by atoms with Gasteiger partial charge in [-0.2, -0.15) is 0 Å². The normalized spacial score (nSPS) is 16.8. The van der Waals surface area contributed by atoms with E-state index in [2.05, 4.69) is 34.6 Å². The number of hydrogen-bond acceptors (Lipinski definition) is 4. The molecule has 1 fully saturated rings. The molecule has 0 atom stereocenters. The average molecular weight is 249 g/mol. The number of nitrogens with zero attached hydrogens (tertiary/aromatic N) is 1. The molecule has 4 heteroatoms. The zero-order chi connectivity index (χ0) is 12.8. The van der Waals surface area contributed by atoms with Crippen LogP contribution in [0.2, 0.25) is 0 Å². The second-order valence-corrected chi connectivity index (χ2v) is 4.77. The van der Waals surface area contributed by atoms with Crippen LogP contribution in [-0.4, -0.2) is 44.9 Å². The Morgan fingerprint density at radius 1 is 1.33 bits per heavy atom. The molecule has 0 aliphatic carbocycles. The van der Waals surface area contributed by atoms with E-state index in [1.807, 2.05) is 6.07 Å². The molecule has 1 aromatic rings. The van der Waals surface area contributed by atoms with Gasteiger partial charge < -0.3 is 15.4 Å². The van der Waals surface area contributed by atoms with E-state index in [-0.39, 0.29) is 0 Å². The Kier molecular flexibility index (Phi) is 4.99. The molecular formula is C14H23N3O. The van der Waals surface area contributed by atoms with Crippen LogP contribution in [0, 0.1) is 6.92 Å². The zero-order valence-corrected chi connectivity index (χ0v) is 11.3. The lowest BCUT2D eigenvalue weighted by Gasteiger charge is -2.27. The first kappa shape index (κ1) is 13.3. The minimum atomic E-state index is 0.856. The first-order valence-corrected chi connectivity index (χ1v) is 6.57. The van der Waals surface area contributed by atoms with E-state index in [1.165, 1.54) is 11.1 Å². The standard InChI is InChI=1S/C14H23N3O/c1-12-3-4-14(18-2)13(9-12)10-16-11-17-7-5-15-6-8-17/h3-4,9,15-16H,5-8,10-11H2,1-2H3. The molecule has 0 radical (unpaired) electrons. The summed E-state index contributed by atoms with van der Waals surface area (Å²) in [6.45, 7) is 8.34. The molecule has 1 aliphatic rings. The summed E-state index contributed by atoms with van der Waals surface area (Å²) in [6.07, 6.45) is 0. The summed E-state index contributed by atoms with van der Waals surface area (Å²) in [5, 5.41) is 6.85. The van der Waals surface area contributed by atoms with E-state index in [9.17, 15) is 0 Å². The minimum Gasteiger partial charge on any atom is -0.496 e. The fourth-order valence-electron chi connectivity index (χ4n) is 2.26. The van der Waals surface area contributed by atoms with Gasteiger partial charge in [-0.1, -0.05) is 17.7 Å². The van der Waals surface area contributed by atoms with Gasteiger partial charge in [0.25, 0.3) is 0 Å². The Balaban J connectivity index is 1.83. The molecular weight excluding hydrogens is 226 g/mol. The Morgan fingerprint density at radius 2 is 2.11 bits per heavy atom. The maximum Gasteiger partial charge on any atom is 0.123 e. The lowest BCUT2D eigenvalue weighted by molar-refractivity contribution is 0.222. The number of hydrogen-bond donors (Lipinski definition) is 2. The summed E-state index contributed by atoms with van der Waals surface area (Å²) in [7, 11) is 1.73. The third-order valence-electron chi connectivity index (χ3n) is 3.30. The van der Waals surface area contributed by atoms with Crippen molar-refractivity contribution in [3.63, 3.8) is 0 Å². The van der Waals surface area contributed by atoms with E-state index < -0.39 is 0 Å². The highest BCUT2D eigenvalue weighted by Gasteiger charge is 2.09. The Hall–Kier alpha value is -1.10. The number of ether oxygens (including phenoxy) is 1. The molecule has 0 bridgehead atoms. The van der Waals surface area contributed by atoms with Crippen molar-refractivity contribution < 1.29 is 4.74 Å². The van der Waals surface area contributed by atoms with Crippen molar-refractivity contribution >= 4 is 0 Å². The molecule has 1 aliphatic heterocycles. The number of benzene rings is 1. The summed E-state index contributed by atoms with van der Waals surface area (Å²) in [4.78, 5) is 2.43. The van der Waals surface area contributed by atoms with Gasteiger partial charge in [0.05, 0.1) is 7.11 Å². The van der Waals surface area contributed by atoms with Gasteiger partial charge in [0, 0.05) is 45.0 Å². The molecule has 0 amide bonds. The molecule has 1 saturated heterocycles. The predicted molar refractivity (Wildman–Crippen MR) is 73.9 cm³/mol. The summed E-state index contributed by atoms with van der Waals surface area (Å²) < 4.78 is 5.38. The average Bonchev–Trinajstić information content (AvgIpc) is 2.40. The highest BCUT2D eigenvalue weighted by Crippen LogP contribution is 2.19. The van der Waals surface area contributed by atoms with Crippen molar-refractivity contribution in [2.75, 3.05) is 40.0 Å². The van der Waals surface area contributed by atoms with Crippen molar-refractivity contribution in [2.24, 2.45) is 0 Å². The topological polar surface area (TPSA) is 36.5 Å². The molecule has 100 valence electrons. The summed E-state index contributed by atoms with van der Waals surface area (Å²) in [5.74, 6) is 0.966. The van der Waals surface area contributed by atoms with Crippen LogP contribution < -0.4 is 15.4 Å². The van der Waals surface area contributed by atoms with E-state index >= 15 is 0 Å². The molecule has 1 heterocycles. The first-order valence-electron chi connectivity index (χ1n) is 6.57. The van der Waals surface area contributed by atoms with Crippen LogP contribution in [0.4, 0.5) is 0 Å². The third kappa shape index (κ3) is 3.70. The molecule has 2 rings (SSSR count). The van der Waals surface area contributed by atoms with Gasteiger partial charge in [-0.05, 0) is 13.0 Å². The number of methoxy groups -OCH3 is 1. The second-order valence-electron chi connectivity index (χ2n) is 4.77. The van der Waals surface area contributed by atoms with Crippen LogP contribution in [0.5, 0.6) is 5.75 Å². The van der Waals surface area contributed by atoms with Crippen molar-refractivity contribution in [3.05, 3.63) is 29.3 Å². The molecule has 18 heavy (non-hydrogen) atoms. The van der Waals surface area contributed by atoms with Crippen LogP contribution in [0.15, 0.2) is 18.2 Å². The number of aryl methyl sites for hydroxylation is 1. The molecule has 4 nitrogen and oxygen atoms in total. The molecule has 1 aromatic carbocycles. The SMILES string of the molecule is COc1ccc(C)cc1CNCN1CCNCC1. The van der Waals surface area contributed by atoms with Crippen LogP contribution in [0.3, 0.4) is 0 Å². The third-order valence-corrected chi connectivity index (χ3v) is 3.30. The highest BCUT2D eigenvalue weighted by atomic mass is 16.5. The highest BCUT2D eigenvalue weighted by molar-refractivity contribution is 5.36. The van der Waals surface area contributed by atoms with Gasteiger partial charge in [0.1, 0.15) is 5.75 Å². The summed E-state index contributed by atoms with van der Waals surface area (Å²) in [6, 6.07) is 6.30. The van der Waals surface area contributed by atoms with Gasteiger partial charge in [0.2, 0.25) is 0 Å². The van der Waals surface area contributed by atoms with Crippen molar-refractivity contribution in [2.45, 2.75) is 13.5 Å². The number of piperazine rings is 1. The van der Waals surface area contributed by atoms with Crippen LogP contribution in [-0.2, 0) is 6.54 Å². The number of nitrogens with one attached hydrogen (secondary N) is 2. The van der Waals surface area contributed by atoms with Gasteiger partial charge in [-0.3, -0.25) is 4.90 Å². The molecule has 0 unspecified atom stereocenters. The van der Waals surface area contributed by atoms with Crippen LogP contribution in [0.1, 0.15) is 11.1 Å². The van der Waals surface area contributed by atoms with Gasteiger partial charge >= 0.3 is 0 Å². The monoisotopic (exact) mass is 249 g/mol. The smallest absolute Gasteiger partial charge is 0.123 e.